The summed E-state index contributed by atoms with van der Waals surface area (Å²) in [5.74, 6) is 0.0604. The van der Waals surface area contributed by atoms with Crippen LogP contribution in [-0.4, -0.2) is 81.9 Å². The summed E-state index contributed by atoms with van der Waals surface area (Å²) in [4.78, 5) is 42.7. The van der Waals surface area contributed by atoms with Crippen LogP contribution in [-0.2, 0) is 15.1 Å². The highest BCUT2D eigenvalue weighted by atomic mass is 35.5. The molecule has 4 heterocycles. The molecule has 0 spiro atoms. The molecule has 0 bridgehead atoms. The molecule has 4 aliphatic rings. The van der Waals surface area contributed by atoms with Gasteiger partial charge in [-0.2, -0.15) is 0 Å². The Morgan fingerprint density at radius 2 is 1.56 bits per heavy atom. The van der Waals surface area contributed by atoms with Crippen LogP contribution in [0.3, 0.4) is 0 Å². The van der Waals surface area contributed by atoms with Crippen molar-refractivity contribution in [1.82, 2.24) is 19.6 Å². The van der Waals surface area contributed by atoms with E-state index in [1.807, 2.05) is 46.2 Å². The Morgan fingerprint density at radius 1 is 0.953 bits per heavy atom. The predicted molar refractivity (Wildman–Crippen MR) is 175 cm³/mol. The summed E-state index contributed by atoms with van der Waals surface area (Å²) in [6.45, 7) is 11.6. The Labute approximate surface area is 268 Å². The van der Waals surface area contributed by atoms with Crippen molar-refractivity contribution in [2.45, 2.75) is 64.2 Å². The normalized spacial score (nSPS) is 27.8. The number of piperazine rings is 1. The molecule has 0 unspecified atom stereocenters. The van der Waals surface area contributed by atoms with Gasteiger partial charge in [0.1, 0.15) is 16.5 Å². The lowest BCUT2D eigenvalue weighted by Gasteiger charge is -2.38. The van der Waals surface area contributed by atoms with Gasteiger partial charge >= 0.3 is 0 Å². The molecule has 2 aromatic rings. The minimum Gasteiger partial charge on any atom is -0.338 e. The van der Waals surface area contributed by atoms with Gasteiger partial charge in [0.25, 0.3) is 5.91 Å². The van der Waals surface area contributed by atoms with E-state index in [2.05, 4.69) is 56.7 Å². The van der Waals surface area contributed by atoms with Crippen molar-refractivity contribution in [2.75, 3.05) is 33.2 Å². The van der Waals surface area contributed by atoms with Gasteiger partial charge in [0, 0.05) is 48.0 Å². The van der Waals surface area contributed by atoms with Crippen LogP contribution >= 0.6 is 35.0 Å². The van der Waals surface area contributed by atoms with Crippen LogP contribution in [0.25, 0.3) is 0 Å². The van der Waals surface area contributed by atoms with Gasteiger partial charge in [-0.15, -0.1) is 0 Å². The average Bonchev–Trinajstić information content (AvgIpc) is 3.63. The summed E-state index contributed by atoms with van der Waals surface area (Å²) < 4.78 is 0. The summed E-state index contributed by atoms with van der Waals surface area (Å²) in [7, 11) is 2.08. The molecular formula is C33H39Cl2N5O2S. The van der Waals surface area contributed by atoms with E-state index >= 15 is 0 Å². The van der Waals surface area contributed by atoms with Gasteiger partial charge in [0.05, 0.1) is 6.04 Å². The standard InChI is InChI=1S/C33H39Cl2N5O2S/c1-20(2)27-28(31(42)39-21(3)6-15-26(39)30(41)38-18-16-37(5)17-19-38)43-32-36-33(4,23-9-13-25(35)14-10-23)29(40(27)32)22-7-11-24(34)12-8-22/h7-14,20-21,26,29H,6,15-19H2,1-5H3/t21-,26+,29-,33+/m1/s1. The lowest BCUT2D eigenvalue weighted by Crippen LogP contribution is -2.54. The molecule has 43 heavy (non-hydrogen) atoms. The van der Waals surface area contributed by atoms with E-state index in [1.54, 1.807) is 0 Å². The molecule has 4 aliphatic heterocycles. The predicted octanol–water partition coefficient (Wildman–Crippen LogP) is 6.39. The number of hydrogen-bond acceptors (Lipinski definition) is 6. The lowest BCUT2D eigenvalue weighted by molar-refractivity contribution is -0.144. The number of carbonyl (C=O) groups is 2. The third-order valence-corrected chi connectivity index (χ3v) is 10.9. The van der Waals surface area contributed by atoms with Crippen LogP contribution in [0.15, 0.2) is 64.1 Å². The number of hydrogen-bond donors (Lipinski definition) is 0. The summed E-state index contributed by atoms with van der Waals surface area (Å²) >= 11 is 14.0. The van der Waals surface area contributed by atoms with Crippen LogP contribution in [0.2, 0.25) is 10.0 Å². The number of aliphatic imine (C=N–C) groups is 1. The number of amidine groups is 1. The first-order valence-corrected chi connectivity index (χ1v) is 16.7. The van der Waals surface area contributed by atoms with Gasteiger partial charge in [-0.25, -0.2) is 4.99 Å². The summed E-state index contributed by atoms with van der Waals surface area (Å²) in [6, 6.07) is 15.1. The van der Waals surface area contributed by atoms with E-state index in [4.69, 9.17) is 28.2 Å². The molecule has 0 radical (unpaired) electrons. The monoisotopic (exact) mass is 639 g/mol. The number of halogens is 2. The van der Waals surface area contributed by atoms with Crippen LogP contribution in [0.4, 0.5) is 0 Å². The van der Waals surface area contributed by atoms with E-state index in [1.165, 1.54) is 11.8 Å². The van der Waals surface area contributed by atoms with Crippen molar-refractivity contribution in [2.24, 2.45) is 10.9 Å². The maximum atomic E-state index is 14.6. The van der Waals surface area contributed by atoms with E-state index in [0.29, 0.717) is 34.5 Å². The molecular weight excluding hydrogens is 601 g/mol. The Balaban J connectivity index is 1.39. The second-order valence-corrected chi connectivity index (χ2v) is 14.5. The Kier molecular flexibility index (Phi) is 8.35. The van der Waals surface area contributed by atoms with Crippen LogP contribution in [0, 0.1) is 5.92 Å². The molecule has 6 rings (SSSR count). The number of carbonyl (C=O) groups excluding carboxylic acids is 2. The number of amides is 2. The van der Waals surface area contributed by atoms with Crippen molar-refractivity contribution in [3.63, 3.8) is 0 Å². The molecule has 0 N–H and O–H groups in total. The minimum atomic E-state index is -0.629. The van der Waals surface area contributed by atoms with Crippen molar-refractivity contribution in [3.05, 3.63) is 80.3 Å². The van der Waals surface area contributed by atoms with Gasteiger partial charge in [-0.3, -0.25) is 9.59 Å². The minimum absolute atomic E-state index is 0.0146. The molecule has 2 fully saturated rings. The van der Waals surface area contributed by atoms with Crippen molar-refractivity contribution in [1.29, 1.82) is 0 Å². The van der Waals surface area contributed by atoms with Gasteiger partial charge in [-0.1, -0.05) is 61.3 Å². The van der Waals surface area contributed by atoms with E-state index in [0.717, 1.165) is 41.5 Å². The number of likely N-dealkylation sites (tertiary alicyclic amines) is 1. The van der Waals surface area contributed by atoms with Crippen LogP contribution in [0.5, 0.6) is 0 Å². The summed E-state index contributed by atoms with van der Waals surface area (Å²) in [5.41, 5.74) is 2.43. The number of likely N-dealkylation sites (N-methyl/N-ethyl adjacent to an activating group) is 1. The van der Waals surface area contributed by atoms with Gasteiger partial charge in [-0.05, 0) is 86.8 Å². The molecule has 4 atom stereocenters. The Hall–Kier alpha value is -2.52. The molecule has 0 aliphatic carbocycles. The molecule has 228 valence electrons. The van der Waals surface area contributed by atoms with E-state index < -0.39 is 11.6 Å². The third-order valence-electron chi connectivity index (χ3n) is 9.37. The fourth-order valence-electron chi connectivity index (χ4n) is 6.99. The molecule has 2 saturated heterocycles. The third kappa shape index (κ3) is 5.39. The zero-order valence-electron chi connectivity index (χ0n) is 25.4. The largest absolute Gasteiger partial charge is 0.338 e. The van der Waals surface area contributed by atoms with Crippen LogP contribution in [0.1, 0.15) is 57.7 Å². The molecule has 0 saturated carbocycles. The number of thioether (sulfide) groups is 1. The second-order valence-electron chi connectivity index (χ2n) is 12.6. The second kappa shape index (κ2) is 11.8. The highest BCUT2D eigenvalue weighted by Crippen LogP contribution is 2.56. The van der Waals surface area contributed by atoms with E-state index in [-0.39, 0.29) is 29.8 Å². The fraction of sp³-hybridized carbons (Fsp3) is 0.485. The van der Waals surface area contributed by atoms with E-state index in [9.17, 15) is 9.59 Å². The first-order chi connectivity index (χ1) is 20.5. The summed E-state index contributed by atoms with van der Waals surface area (Å²) in [5, 5.41) is 2.15. The van der Waals surface area contributed by atoms with Gasteiger partial charge < -0.3 is 19.6 Å². The highest BCUT2D eigenvalue weighted by Gasteiger charge is 2.54. The first-order valence-electron chi connectivity index (χ1n) is 15.1. The summed E-state index contributed by atoms with van der Waals surface area (Å²) in [6.07, 6.45) is 1.51. The van der Waals surface area contributed by atoms with Crippen LogP contribution < -0.4 is 0 Å². The average molecular weight is 641 g/mol. The Bertz CT molecular complexity index is 1470. The van der Waals surface area contributed by atoms with Crippen molar-refractivity contribution >= 4 is 51.9 Å². The zero-order valence-corrected chi connectivity index (χ0v) is 27.7. The molecule has 2 amide bonds. The number of rotatable bonds is 5. The topological polar surface area (TPSA) is 59.5 Å². The Morgan fingerprint density at radius 3 is 2.16 bits per heavy atom. The number of nitrogens with zero attached hydrogens (tertiary/aromatic N) is 5. The highest BCUT2D eigenvalue weighted by molar-refractivity contribution is 8.18. The zero-order chi connectivity index (χ0) is 30.6. The maximum Gasteiger partial charge on any atom is 0.263 e. The number of allylic oxidation sites excluding steroid dienone is 1. The molecule has 0 aromatic heterocycles. The van der Waals surface area contributed by atoms with Crippen molar-refractivity contribution in [3.8, 4) is 0 Å². The SMILES string of the molecule is CC(C)C1=C(C(=O)N2[C@H](C)CC[C@H]2C(=O)N2CCN(C)CC2)SC2=N[C@@](C)(c3ccc(Cl)cc3)[C@@H](c3ccc(Cl)cc3)N21. The molecule has 2 aromatic carbocycles. The van der Waals surface area contributed by atoms with Crippen molar-refractivity contribution < 1.29 is 9.59 Å². The van der Waals surface area contributed by atoms with Gasteiger partial charge in [0.15, 0.2) is 5.17 Å². The lowest BCUT2D eigenvalue weighted by atomic mass is 9.81. The van der Waals surface area contributed by atoms with Gasteiger partial charge in [0.2, 0.25) is 5.91 Å². The number of benzene rings is 2. The molecule has 7 nitrogen and oxygen atoms in total. The molecule has 10 heteroatoms. The quantitative estimate of drug-likeness (QED) is 0.379. The first kappa shape index (κ1) is 30.5. The fourth-order valence-corrected chi connectivity index (χ4v) is 8.59. The smallest absolute Gasteiger partial charge is 0.263 e. The maximum absolute atomic E-state index is 14.6. The number of fused-ring (bicyclic) bond motifs is 1.